The van der Waals surface area contributed by atoms with E-state index in [0.717, 1.165) is 38.4 Å². The normalized spacial score (nSPS) is 18.6. The van der Waals surface area contributed by atoms with Crippen LogP contribution in [-0.2, 0) is 13.1 Å². The van der Waals surface area contributed by atoms with Crippen molar-refractivity contribution in [2.24, 2.45) is 5.92 Å². The van der Waals surface area contributed by atoms with Gasteiger partial charge in [0.25, 0.3) is 0 Å². The van der Waals surface area contributed by atoms with E-state index in [1.807, 2.05) is 6.20 Å². The van der Waals surface area contributed by atoms with Gasteiger partial charge in [0.05, 0.1) is 14.2 Å². The van der Waals surface area contributed by atoms with Crippen molar-refractivity contribution >= 4 is 0 Å². The molecule has 0 bridgehead atoms. The van der Waals surface area contributed by atoms with Crippen LogP contribution in [0, 0.1) is 11.7 Å². The Bertz CT molecular complexity index is 780. The standard InChI is InChI=1S/C21H28FN3O2/c1-26-19-11-17(18(22)12-20(19)27-2)14-24-8-5-16(6-9-24)21-23-7-10-25(21)13-15-3-4-15/h7,10-12,15-16H,3-6,8-9,13-14H2,1-2H3. The quantitative estimate of drug-likeness (QED) is 0.740. The van der Waals surface area contributed by atoms with E-state index in [-0.39, 0.29) is 5.82 Å². The molecule has 146 valence electrons. The highest BCUT2D eigenvalue weighted by Crippen LogP contribution is 2.34. The first-order chi connectivity index (χ1) is 13.2. The van der Waals surface area contributed by atoms with E-state index in [2.05, 4.69) is 20.6 Å². The Morgan fingerprint density at radius 1 is 1.07 bits per heavy atom. The van der Waals surface area contributed by atoms with E-state index in [9.17, 15) is 4.39 Å². The van der Waals surface area contributed by atoms with Crippen LogP contribution >= 0.6 is 0 Å². The van der Waals surface area contributed by atoms with Crippen LogP contribution in [-0.4, -0.2) is 41.8 Å². The van der Waals surface area contributed by atoms with Crippen molar-refractivity contribution in [2.45, 2.75) is 44.7 Å². The molecule has 6 heteroatoms. The van der Waals surface area contributed by atoms with Crippen molar-refractivity contribution < 1.29 is 13.9 Å². The Hall–Kier alpha value is -2.08. The van der Waals surface area contributed by atoms with Gasteiger partial charge in [0.2, 0.25) is 0 Å². The van der Waals surface area contributed by atoms with E-state index in [4.69, 9.17) is 9.47 Å². The summed E-state index contributed by atoms with van der Waals surface area (Å²) in [6, 6.07) is 3.16. The number of benzene rings is 1. The third-order valence-corrected chi connectivity index (χ3v) is 5.80. The lowest BCUT2D eigenvalue weighted by Crippen LogP contribution is -2.33. The second kappa shape index (κ2) is 7.89. The number of rotatable bonds is 7. The van der Waals surface area contributed by atoms with E-state index in [0.29, 0.717) is 29.5 Å². The molecule has 2 aromatic rings. The molecule has 1 saturated carbocycles. The number of ether oxygens (including phenoxy) is 2. The largest absolute Gasteiger partial charge is 0.493 e. The minimum absolute atomic E-state index is 0.241. The molecule has 2 aliphatic rings. The predicted octanol–water partition coefficient (Wildman–Crippen LogP) is 3.83. The number of nitrogens with zero attached hydrogens (tertiary/aromatic N) is 3. The number of likely N-dealkylation sites (tertiary alicyclic amines) is 1. The van der Waals surface area contributed by atoms with Crippen molar-refractivity contribution in [3.05, 3.63) is 41.7 Å². The summed E-state index contributed by atoms with van der Waals surface area (Å²) < 4.78 is 27.3. The average molecular weight is 373 g/mol. The smallest absolute Gasteiger partial charge is 0.163 e. The molecular formula is C21H28FN3O2. The summed E-state index contributed by atoms with van der Waals surface area (Å²) >= 11 is 0. The molecule has 2 fully saturated rings. The highest BCUT2D eigenvalue weighted by Gasteiger charge is 2.27. The van der Waals surface area contributed by atoms with Gasteiger partial charge in [0.1, 0.15) is 11.6 Å². The van der Waals surface area contributed by atoms with Gasteiger partial charge in [-0.15, -0.1) is 0 Å². The van der Waals surface area contributed by atoms with E-state index < -0.39 is 0 Å². The molecule has 27 heavy (non-hydrogen) atoms. The molecule has 1 aromatic carbocycles. The summed E-state index contributed by atoms with van der Waals surface area (Å²) in [6.07, 6.45) is 8.90. The summed E-state index contributed by atoms with van der Waals surface area (Å²) in [5, 5.41) is 0. The molecular weight excluding hydrogens is 345 g/mol. The Kier molecular flexibility index (Phi) is 5.34. The summed E-state index contributed by atoms with van der Waals surface area (Å²) in [7, 11) is 3.10. The topological polar surface area (TPSA) is 39.5 Å². The van der Waals surface area contributed by atoms with Crippen LogP contribution in [0.5, 0.6) is 11.5 Å². The summed E-state index contributed by atoms with van der Waals surface area (Å²) in [4.78, 5) is 6.95. The maximum atomic E-state index is 14.4. The lowest BCUT2D eigenvalue weighted by Gasteiger charge is -2.32. The molecule has 5 nitrogen and oxygen atoms in total. The molecule has 4 rings (SSSR count). The summed E-state index contributed by atoms with van der Waals surface area (Å²) in [5.41, 5.74) is 0.654. The lowest BCUT2D eigenvalue weighted by atomic mass is 9.95. The lowest BCUT2D eigenvalue weighted by molar-refractivity contribution is 0.197. The van der Waals surface area contributed by atoms with Crippen molar-refractivity contribution in [2.75, 3.05) is 27.3 Å². The minimum Gasteiger partial charge on any atom is -0.493 e. The van der Waals surface area contributed by atoms with Gasteiger partial charge in [-0.25, -0.2) is 9.37 Å². The van der Waals surface area contributed by atoms with E-state index in [1.54, 1.807) is 13.2 Å². The van der Waals surface area contributed by atoms with E-state index in [1.165, 1.54) is 31.8 Å². The maximum Gasteiger partial charge on any atom is 0.163 e. The van der Waals surface area contributed by atoms with Crippen LogP contribution in [0.25, 0.3) is 0 Å². The molecule has 1 aliphatic carbocycles. The fourth-order valence-electron chi connectivity index (χ4n) is 4.02. The van der Waals surface area contributed by atoms with Crippen LogP contribution in [0.3, 0.4) is 0 Å². The van der Waals surface area contributed by atoms with Crippen LogP contribution in [0.2, 0.25) is 0 Å². The van der Waals surface area contributed by atoms with Gasteiger partial charge in [-0.2, -0.15) is 0 Å². The number of aromatic nitrogens is 2. The first-order valence-corrected chi connectivity index (χ1v) is 9.81. The molecule has 0 atom stereocenters. The van der Waals surface area contributed by atoms with Crippen LogP contribution in [0.1, 0.15) is 43.0 Å². The second-order valence-electron chi connectivity index (χ2n) is 7.73. The SMILES string of the molecule is COc1cc(F)c(CN2CCC(c3nccn3CC3CC3)CC2)cc1OC. The number of methoxy groups -OCH3 is 2. The predicted molar refractivity (Wildman–Crippen MR) is 102 cm³/mol. The van der Waals surface area contributed by atoms with Crippen molar-refractivity contribution in [3.8, 4) is 11.5 Å². The summed E-state index contributed by atoms with van der Waals surface area (Å²) in [6.45, 7) is 3.62. The second-order valence-corrected chi connectivity index (χ2v) is 7.73. The fourth-order valence-corrected chi connectivity index (χ4v) is 4.02. The van der Waals surface area contributed by atoms with Gasteiger partial charge in [0.15, 0.2) is 11.5 Å². The van der Waals surface area contributed by atoms with Gasteiger partial charge in [-0.1, -0.05) is 0 Å². The van der Waals surface area contributed by atoms with Gasteiger partial charge in [-0.05, 0) is 50.8 Å². The first kappa shape index (κ1) is 18.3. The van der Waals surface area contributed by atoms with Gasteiger partial charge >= 0.3 is 0 Å². The molecule has 1 aliphatic heterocycles. The number of imidazole rings is 1. The molecule has 1 saturated heterocycles. The van der Waals surface area contributed by atoms with Crippen LogP contribution < -0.4 is 9.47 Å². The van der Waals surface area contributed by atoms with Crippen LogP contribution in [0.4, 0.5) is 4.39 Å². The third kappa shape index (κ3) is 4.10. The third-order valence-electron chi connectivity index (χ3n) is 5.80. The highest BCUT2D eigenvalue weighted by atomic mass is 19.1. The minimum atomic E-state index is -0.241. The molecule has 0 radical (unpaired) electrons. The summed E-state index contributed by atoms with van der Waals surface area (Å²) in [5.74, 6) is 3.36. The van der Waals surface area contributed by atoms with Gasteiger partial charge < -0.3 is 14.0 Å². The molecule has 0 amide bonds. The Balaban J connectivity index is 1.38. The van der Waals surface area contributed by atoms with Crippen molar-refractivity contribution in [1.82, 2.24) is 14.5 Å². The van der Waals surface area contributed by atoms with Gasteiger partial charge in [0, 0.05) is 43.0 Å². The fraction of sp³-hybridized carbons (Fsp3) is 0.571. The Morgan fingerprint density at radius 3 is 2.44 bits per heavy atom. The molecule has 1 aromatic heterocycles. The van der Waals surface area contributed by atoms with Gasteiger partial charge in [-0.3, -0.25) is 4.90 Å². The zero-order chi connectivity index (χ0) is 18.8. The number of piperidine rings is 1. The molecule has 0 N–H and O–H groups in total. The van der Waals surface area contributed by atoms with E-state index >= 15 is 0 Å². The number of halogens is 1. The molecule has 0 unspecified atom stereocenters. The maximum absolute atomic E-state index is 14.4. The Labute approximate surface area is 160 Å². The monoisotopic (exact) mass is 373 g/mol. The zero-order valence-electron chi connectivity index (χ0n) is 16.2. The molecule has 0 spiro atoms. The highest BCUT2D eigenvalue weighted by molar-refractivity contribution is 5.43. The first-order valence-electron chi connectivity index (χ1n) is 9.81. The van der Waals surface area contributed by atoms with Crippen molar-refractivity contribution in [3.63, 3.8) is 0 Å². The van der Waals surface area contributed by atoms with Crippen molar-refractivity contribution in [1.29, 1.82) is 0 Å². The molecule has 2 heterocycles. The average Bonchev–Trinajstić information content (AvgIpc) is 3.39. The number of hydrogen-bond acceptors (Lipinski definition) is 4. The Morgan fingerprint density at radius 2 is 1.78 bits per heavy atom. The zero-order valence-corrected chi connectivity index (χ0v) is 16.2. The number of hydrogen-bond donors (Lipinski definition) is 0. The van der Waals surface area contributed by atoms with Crippen LogP contribution in [0.15, 0.2) is 24.5 Å².